The van der Waals surface area contributed by atoms with Crippen LogP contribution in [0.1, 0.15) is 109 Å². The molecule has 8 nitrogen and oxygen atoms in total. The Morgan fingerprint density at radius 1 is 1.04 bits per heavy atom. The highest BCUT2D eigenvalue weighted by Gasteiger charge is 2.43. The monoisotopic (exact) mass is 724 g/mol. The largest absolute Gasteiger partial charge is 0.457 e. The predicted molar refractivity (Wildman–Crippen MR) is 205 cm³/mol. The number of cyclic esters (lactones) is 1. The van der Waals surface area contributed by atoms with Crippen molar-refractivity contribution in [1.82, 2.24) is 0 Å². The van der Waals surface area contributed by atoms with E-state index in [0.29, 0.717) is 26.1 Å². The molecule has 0 aromatic rings. The van der Waals surface area contributed by atoms with Crippen LogP contribution in [0.5, 0.6) is 0 Å². The van der Waals surface area contributed by atoms with Gasteiger partial charge in [-0.15, -0.1) is 0 Å². The first-order valence-corrected chi connectivity index (χ1v) is 24.1. The minimum Gasteiger partial charge on any atom is -0.457 e. The van der Waals surface area contributed by atoms with E-state index in [1.165, 1.54) is 6.92 Å². The second-order valence-electron chi connectivity index (χ2n) is 17.2. The van der Waals surface area contributed by atoms with Crippen LogP contribution in [0, 0.1) is 11.8 Å². The van der Waals surface area contributed by atoms with E-state index >= 15 is 0 Å². The maximum Gasteiger partial charge on any atom is 0.308 e. The number of esters is 2. The molecular formula is C39H72O8Si2. The molecular weight excluding hydrogens is 653 g/mol. The molecule has 7 atom stereocenters. The molecule has 0 aliphatic carbocycles. The zero-order chi connectivity index (χ0) is 38.0. The van der Waals surface area contributed by atoms with Crippen molar-refractivity contribution in [3.8, 4) is 0 Å². The molecule has 49 heavy (non-hydrogen) atoms. The van der Waals surface area contributed by atoms with Gasteiger partial charge in [-0.1, -0.05) is 79.7 Å². The Kier molecular flexibility index (Phi) is 17.4. The molecule has 284 valence electrons. The van der Waals surface area contributed by atoms with E-state index < -0.39 is 52.8 Å². The van der Waals surface area contributed by atoms with Gasteiger partial charge in [0.25, 0.3) is 0 Å². The lowest BCUT2D eigenvalue weighted by molar-refractivity contribution is -0.227. The van der Waals surface area contributed by atoms with Crippen molar-refractivity contribution in [2.45, 2.75) is 176 Å². The van der Waals surface area contributed by atoms with Gasteiger partial charge in [0, 0.05) is 26.1 Å². The van der Waals surface area contributed by atoms with Gasteiger partial charge in [-0.3, -0.25) is 9.59 Å². The summed E-state index contributed by atoms with van der Waals surface area (Å²) in [5.74, 6) is -0.704. The topological polar surface area (TPSA) is 89.5 Å². The van der Waals surface area contributed by atoms with Gasteiger partial charge in [0.2, 0.25) is 0 Å². The molecule has 10 heteroatoms. The number of allylic oxidation sites excluding steroid dienone is 2. The summed E-state index contributed by atoms with van der Waals surface area (Å²) in [6.07, 6.45) is 8.93. The van der Waals surface area contributed by atoms with E-state index in [2.05, 4.69) is 80.7 Å². The quantitative estimate of drug-likeness (QED) is 0.0610. The summed E-state index contributed by atoms with van der Waals surface area (Å²) in [5.41, 5.74) is -0.0356. The van der Waals surface area contributed by atoms with Crippen LogP contribution in [-0.4, -0.2) is 72.0 Å². The molecule has 1 unspecified atom stereocenters. The first kappa shape index (κ1) is 45.5. The molecule has 0 fully saturated rings. The van der Waals surface area contributed by atoms with Crippen LogP contribution < -0.4 is 0 Å². The SMILES string of the molecule is CCOC(C)O[C@]1(C)CC[C@@H](O[Si](C)(C)C(C)(C)C)CC(=O)O[C@H](/C(C)=C/C=C/[C@@H](C)CO[Si](C)(C)C(C)(C)C)[C@@H](C)/C=C/[C@@H]1OC(C)=O. The maximum absolute atomic E-state index is 13.7. The fraction of sp³-hybridized carbons (Fsp3) is 0.795. The average molecular weight is 725 g/mol. The van der Waals surface area contributed by atoms with Gasteiger partial charge in [-0.05, 0) is 94.4 Å². The third-order valence-corrected chi connectivity index (χ3v) is 19.5. The van der Waals surface area contributed by atoms with Gasteiger partial charge in [-0.25, -0.2) is 0 Å². The summed E-state index contributed by atoms with van der Waals surface area (Å²) in [7, 11) is -4.10. The fourth-order valence-electron chi connectivity index (χ4n) is 5.18. The number of carbonyl (C=O) groups is 2. The fourth-order valence-corrected chi connectivity index (χ4v) is 7.68. The Hall–Kier alpha value is -1.57. The molecule has 0 saturated heterocycles. The van der Waals surface area contributed by atoms with Crippen LogP contribution in [0.3, 0.4) is 0 Å². The van der Waals surface area contributed by atoms with Crippen molar-refractivity contribution < 1.29 is 37.4 Å². The van der Waals surface area contributed by atoms with Gasteiger partial charge in [-0.2, -0.15) is 0 Å². The standard InChI is InChI=1S/C39H72O8Si2/c1-18-42-32(6)46-39(13)25-24-33(47-49(16,17)38(10,11)12)26-35(41)45-36(30(4)22-23-34(39)44-31(5)40)29(3)21-19-20-28(2)27-43-48(14,15)37(7,8)9/h19-23,28,30,32-34,36H,18,24-27H2,1-17H3/b20-19+,23-22+,29-21+/t28-,30+,32?,33-,34+,36-,39-/m1/s1. The predicted octanol–water partition coefficient (Wildman–Crippen LogP) is 9.91. The van der Waals surface area contributed by atoms with Gasteiger partial charge >= 0.3 is 11.9 Å². The molecule has 0 aromatic carbocycles. The molecule has 0 saturated carbocycles. The molecule has 0 aromatic heterocycles. The summed E-state index contributed by atoms with van der Waals surface area (Å²) in [5, 5.41) is 0.102. The Bertz CT molecular complexity index is 1150. The second-order valence-corrected chi connectivity index (χ2v) is 26.8. The first-order chi connectivity index (χ1) is 22.2. The zero-order valence-electron chi connectivity index (χ0n) is 34.2. The summed E-state index contributed by atoms with van der Waals surface area (Å²) < 4.78 is 37.7. The Morgan fingerprint density at radius 3 is 2.16 bits per heavy atom. The summed E-state index contributed by atoms with van der Waals surface area (Å²) in [6.45, 7) is 36.6. The van der Waals surface area contributed by atoms with E-state index in [4.69, 9.17) is 27.8 Å². The first-order valence-electron chi connectivity index (χ1n) is 18.3. The normalized spacial score (nSPS) is 27.5. The van der Waals surface area contributed by atoms with Gasteiger partial charge in [0.1, 0.15) is 17.8 Å². The van der Waals surface area contributed by atoms with Crippen molar-refractivity contribution in [3.63, 3.8) is 0 Å². The minimum absolute atomic E-state index is 0.0531. The van der Waals surface area contributed by atoms with E-state index in [9.17, 15) is 9.59 Å². The van der Waals surface area contributed by atoms with Crippen LogP contribution in [0.15, 0.2) is 36.0 Å². The molecule has 0 N–H and O–H groups in total. The molecule has 1 aliphatic heterocycles. The minimum atomic E-state index is -2.26. The smallest absolute Gasteiger partial charge is 0.308 e. The number of rotatable bonds is 13. The molecule has 0 spiro atoms. The van der Waals surface area contributed by atoms with Crippen LogP contribution in [0.2, 0.25) is 36.3 Å². The van der Waals surface area contributed by atoms with E-state index in [1.807, 2.05) is 58.9 Å². The van der Waals surface area contributed by atoms with E-state index in [-0.39, 0.29) is 34.3 Å². The van der Waals surface area contributed by atoms with Crippen molar-refractivity contribution in [2.75, 3.05) is 13.2 Å². The van der Waals surface area contributed by atoms with Crippen molar-refractivity contribution >= 4 is 28.6 Å². The summed E-state index contributed by atoms with van der Waals surface area (Å²) in [4.78, 5) is 26.1. The lowest BCUT2D eigenvalue weighted by atomic mass is 9.88. The molecule has 1 rings (SSSR count). The average Bonchev–Trinajstić information content (AvgIpc) is 2.93. The third kappa shape index (κ3) is 14.9. The van der Waals surface area contributed by atoms with Crippen LogP contribution in [-0.2, 0) is 37.4 Å². The second kappa shape index (κ2) is 18.8. The number of hydrogen-bond donors (Lipinski definition) is 0. The van der Waals surface area contributed by atoms with Gasteiger partial charge < -0.3 is 27.8 Å². The zero-order valence-corrected chi connectivity index (χ0v) is 36.2. The highest BCUT2D eigenvalue weighted by molar-refractivity contribution is 6.74. The Balaban J connectivity index is 3.55. The highest BCUT2D eigenvalue weighted by Crippen LogP contribution is 2.40. The van der Waals surface area contributed by atoms with Crippen LogP contribution in [0.25, 0.3) is 0 Å². The molecule has 1 aliphatic rings. The highest BCUT2D eigenvalue weighted by atomic mass is 28.4. The molecule has 1 heterocycles. The van der Waals surface area contributed by atoms with Crippen LogP contribution in [0.4, 0.5) is 0 Å². The van der Waals surface area contributed by atoms with Crippen molar-refractivity contribution in [1.29, 1.82) is 0 Å². The lowest BCUT2D eigenvalue weighted by Gasteiger charge is -2.42. The molecule has 0 bridgehead atoms. The Labute approximate surface area is 302 Å². The number of carbonyl (C=O) groups excluding carboxylic acids is 2. The maximum atomic E-state index is 13.7. The molecule has 0 amide bonds. The van der Waals surface area contributed by atoms with Crippen LogP contribution >= 0.6 is 0 Å². The number of hydrogen-bond acceptors (Lipinski definition) is 8. The molecule has 0 radical (unpaired) electrons. The van der Waals surface area contributed by atoms with Crippen molar-refractivity contribution in [3.05, 3.63) is 36.0 Å². The summed E-state index contributed by atoms with van der Waals surface area (Å²) in [6, 6.07) is 0. The van der Waals surface area contributed by atoms with E-state index in [0.717, 1.165) is 5.57 Å². The number of ether oxygens (including phenoxy) is 4. The van der Waals surface area contributed by atoms with Gasteiger partial charge in [0.05, 0.1) is 12.5 Å². The third-order valence-electron chi connectivity index (χ3n) is 10.4. The summed E-state index contributed by atoms with van der Waals surface area (Å²) >= 11 is 0. The Morgan fingerprint density at radius 2 is 1.63 bits per heavy atom. The van der Waals surface area contributed by atoms with E-state index in [1.54, 1.807) is 0 Å². The van der Waals surface area contributed by atoms with Crippen molar-refractivity contribution in [2.24, 2.45) is 11.8 Å². The lowest BCUT2D eigenvalue weighted by Crippen LogP contribution is -2.48. The van der Waals surface area contributed by atoms with Gasteiger partial charge in [0.15, 0.2) is 22.9 Å².